The first kappa shape index (κ1) is 21.0. The van der Waals surface area contributed by atoms with E-state index in [0.29, 0.717) is 19.7 Å². The van der Waals surface area contributed by atoms with Gasteiger partial charge in [0.15, 0.2) is 6.54 Å². The average Bonchev–Trinajstić information content (AvgIpc) is 2.75. The summed E-state index contributed by atoms with van der Waals surface area (Å²) in [6.45, 7) is 7.57. The zero-order chi connectivity index (χ0) is 20.6. The summed E-state index contributed by atoms with van der Waals surface area (Å²) >= 11 is 0. The van der Waals surface area contributed by atoms with Gasteiger partial charge in [-0.25, -0.2) is 0 Å². The first-order valence-electron chi connectivity index (χ1n) is 10.3. The monoisotopic (exact) mass is 398 g/mol. The topological polar surface area (TPSA) is 46.5 Å². The van der Waals surface area contributed by atoms with Gasteiger partial charge in [0.1, 0.15) is 11.5 Å². The summed E-state index contributed by atoms with van der Waals surface area (Å²) in [4.78, 5) is 18.2. The Balaban J connectivity index is 1.49. The highest BCUT2D eigenvalue weighted by molar-refractivity contribution is 5.76. The van der Waals surface area contributed by atoms with Crippen LogP contribution in [0.25, 0.3) is 0 Å². The third-order valence-electron chi connectivity index (χ3n) is 5.38. The molecule has 0 aliphatic carbocycles. The van der Waals surface area contributed by atoms with Gasteiger partial charge in [-0.1, -0.05) is 24.3 Å². The third-order valence-corrected chi connectivity index (χ3v) is 5.38. The zero-order valence-electron chi connectivity index (χ0n) is 17.7. The molecule has 0 radical (unpaired) electrons. The van der Waals surface area contributed by atoms with Gasteiger partial charge in [-0.05, 0) is 36.8 Å². The zero-order valence-corrected chi connectivity index (χ0v) is 17.7. The molecule has 6 heteroatoms. The molecule has 1 aliphatic rings. The normalized spacial score (nSPS) is 14.5. The SMILES string of the molecule is CCOc1ccccc1N1CC[NH+](CC(=O)N(C)Cc2ccc(OC)cc2)CC1. The number of quaternary nitrogens is 1. The second-order valence-electron chi connectivity index (χ2n) is 7.41. The molecule has 0 bridgehead atoms. The molecule has 0 atom stereocenters. The summed E-state index contributed by atoms with van der Waals surface area (Å²) in [5.74, 6) is 1.95. The largest absolute Gasteiger partial charge is 0.497 e. The molecule has 0 spiro atoms. The van der Waals surface area contributed by atoms with E-state index in [1.807, 2.05) is 55.3 Å². The van der Waals surface area contributed by atoms with Crippen LogP contribution in [0.1, 0.15) is 12.5 Å². The molecule has 1 fully saturated rings. The van der Waals surface area contributed by atoms with Crippen molar-refractivity contribution in [2.75, 3.05) is 58.4 Å². The lowest BCUT2D eigenvalue weighted by molar-refractivity contribution is -0.892. The van der Waals surface area contributed by atoms with E-state index in [1.54, 1.807) is 7.11 Å². The van der Waals surface area contributed by atoms with E-state index in [1.165, 1.54) is 4.90 Å². The fourth-order valence-corrected chi connectivity index (χ4v) is 3.68. The molecule has 6 nitrogen and oxygen atoms in total. The van der Waals surface area contributed by atoms with E-state index in [9.17, 15) is 4.79 Å². The Morgan fingerprint density at radius 2 is 1.79 bits per heavy atom. The number of nitrogens with zero attached hydrogens (tertiary/aromatic N) is 2. The van der Waals surface area contributed by atoms with Crippen molar-refractivity contribution in [3.63, 3.8) is 0 Å². The highest BCUT2D eigenvalue weighted by atomic mass is 16.5. The predicted octanol–water partition coefficient (Wildman–Crippen LogP) is 1.46. The summed E-state index contributed by atoms with van der Waals surface area (Å²) in [6.07, 6.45) is 0. The van der Waals surface area contributed by atoms with Crippen LogP contribution in [0.5, 0.6) is 11.5 Å². The molecule has 156 valence electrons. The van der Waals surface area contributed by atoms with Crippen molar-refractivity contribution in [3.05, 3.63) is 54.1 Å². The van der Waals surface area contributed by atoms with E-state index in [2.05, 4.69) is 17.0 Å². The van der Waals surface area contributed by atoms with E-state index in [0.717, 1.165) is 48.9 Å². The molecule has 2 aromatic rings. The molecule has 29 heavy (non-hydrogen) atoms. The minimum absolute atomic E-state index is 0.180. The van der Waals surface area contributed by atoms with Crippen molar-refractivity contribution in [2.24, 2.45) is 0 Å². The number of carbonyl (C=O) groups excluding carboxylic acids is 1. The number of likely N-dealkylation sites (N-methyl/N-ethyl adjacent to an activating group) is 1. The van der Waals surface area contributed by atoms with Gasteiger partial charge in [0, 0.05) is 13.6 Å². The van der Waals surface area contributed by atoms with Gasteiger partial charge >= 0.3 is 0 Å². The van der Waals surface area contributed by atoms with Crippen LogP contribution < -0.4 is 19.3 Å². The van der Waals surface area contributed by atoms with Crippen molar-refractivity contribution in [1.82, 2.24) is 4.90 Å². The summed E-state index contributed by atoms with van der Waals surface area (Å²) in [7, 11) is 3.53. The van der Waals surface area contributed by atoms with E-state index in [-0.39, 0.29) is 5.91 Å². The lowest BCUT2D eigenvalue weighted by atomic mass is 10.2. The number of methoxy groups -OCH3 is 1. The molecule has 1 N–H and O–H groups in total. The average molecular weight is 399 g/mol. The number of ether oxygens (including phenoxy) is 2. The van der Waals surface area contributed by atoms with E-state index >= 15 is 0 Å². The number of anilines is 1. The van der Waals surface area contributed by atoms with Gasteiger partial charge in [-0.15, -0.1) is 0 Å². The summed E-state index contributed by atoms with van der Waals surface area (Å²) in [6, 6.07) is 16.1. The van der Waals surface area contributed by atoms with Gasteiger partial charge in [-0.3, -0.25) is 4.79 Å². The number of amides is 1. The number of carbonyl (C=O) groups is 1. The first-order valence-corrected chi connectivity index (χ1v) is 10.3. The molecule has 2 aromatic carbocycles. The highest BCUT2D eigenvalue weighted by Crippen LogP contribution is 2.27. The van der Waals surface area contributed by atoms with Gasteiger partial charge < -0.3 is 24.2 Å². The maximum absolute atomic E-state index is 12.7. The maximum atomic E-state index is 12.7. The molecule has 1 saturated heterocycles. The number of benzene rings is 2. The first-order chi connectivity index (χ1) is 14.1. The fourth-order valence-electron chi connectivity index (χ4n) is 3.68. The van der Waals surface area contributed by atoms with Crippen LogP contribution in [-0.2, 0) is 11.3 Å². The standard InChI is InChI=1S/C23H31N3O3/c1-4-29-22-8-6-5-7-21(22)26-15-13-25(14-16-26)18-23(27)24(2)17-19-9-11-20(28-3)12-10-19/h5-12H,4,13-18H2,1-3H3/p+1. The highest BCUT2D eigenvalue weighted by Gasteiger charge is 2.25. The number of rotatable bonds is 8. The van der Waals surface area contributed by atoms with Crippen molar-refractivity contribution < 1.29 is 19.2 Å². The number of para-hydroxylation sites is 2. The van der Waals surface area contributed by atoms with Gasteiger partial charge in [0.2, 0.25) is 0 Å². The van der Waals surface area contributed by atoms with Crippen molar-refractivity contribution in [2.45, 2.75) is 13.5 Å². The van der Waals surface area contributed by atoms with Crippen molar-refractivity contribution in [1.29, 1.82) is 0 Å². The van der Waals surface area contributed by atoms with E-state index in [4.69, 9.17) is 9.47 Å². The van der Waals surface area contributed by atoms with Gasteiger partial charge in [0.05, 0.1) is 45.6 Å². The molecule has 0 aromatic heterocycles. The Kier molecular flexibility index (Phi) is 7.36. The molecule has 1 heterocycles. The Morgan fingerprint density at radius 1 is 1.10 bits per heavy atom. The van der Waals surface area contributed by atoms with Crippen LogP contribution in [0.15, 0.2) is 48.5 Å². The second-order valence-corrected chi connectivity index (χ2v) is 7.41. The lowest BCUT2D eigenvalue weighted by Gasteiger charge is -2.34. The Hall–Kier alpha value is -2.73. The summed E-state index contributed by atoms with van der Waals surface area (Å²) < 4.78 is 11.0. The second kappa shape index (κ2) is 10.2. The Labute approximate surface area is 173 Å². The molecule has 1 aliphatic heterocycles. The van der Waals surface area contributed by atoms with Crippen molar-refractivity contribution >= 4 is 11.6 Å². The number of piperazine rings is 1. The predicted molar refractivity (Wildman–Crippen MR) is 115 cm³/mol. The summed E-state index contributed by atoms with van der Waals surface area (Å²) in [5.41, 5.74) is 2.25. The molecule has 3 rings (SSSR count). The Bertz CT molecular complexity index is 786. The number of nitrogens with one attached hydrogen (secondary N) is 1. The van der Waals surface area contributed by atoms with Crippen LogP contribution in [0, 0.1) is 0 Å². The molecule has 0 saturated carbocycles. The summed E-state index contributed by atoms with van der Waals surface area (Å²) in [5, 5.41) is 0. The number of hydrogen-bond donors (Lipinski definition) is 1. The van der Waals surface area contributed by atoms with E-state index < -0.39 is 0 Å². The Morgan fingerprint density at radius 3 is 2.45 bits per heavy atom. The minimum atomic E-state index is 0.180. The van der Waals surface area contributed by atoms with Crippen molar-refractivity contribution in [3.8, 4) is 11.5 Å². The number of hydrogen-bond acceptors (Lipinski definition) is 4. The van der Waals surface area contributed by atoms with Crippen LogP contribution >= 0.6 is 0 Å². The van der Waals surface area contributed by atoms with Crippen LogP contribution in [-0.4, -0.2) is 64.3 Å². The third kappa shape index (κ3) is 5.64. The fraction of sp³-hybridized carbons (Fsp3) is 0.435. The van der Waals surface area contributed by atoms with Crippen LogP contribution in [0.3, 0.4) is 0 Å². The molecule has 1 amide bonds. The van der Waals surface area contributed by atoms with Crippen LogP contribution in [0.4, 0.5) is 5.69 Å². The molecule has 0 unspecified atom stereocenters. The maximum Gasteiger partial charge on any atom is 0.277 e. The lowest BCUT2D eigenvalue weighted by Crippen LogP contribution is -3.15. The molecular formula is C23H32N3O3+. The van der Waals surface area contributed by atoms with Gasteiger partial charge in [-0.2, -0.15) is 0 Å². The smallest absolute Gasteiger partial charge is 0.277 e. The van der Waals surface area contributed by atoms with Gasteiger partial charge in [0.25, 0.3) is 5.91 Å². The van der Waals surface area contributed by atoms with Crippen LogP contribution in [0.2, 0.25) is 0 Å². The minimum Gasteiger partial charge on any atom is -0.497 e. The molecular weight excluding hydrogens is 366 g/mol. The quantitative estimate of drug-likeness (QED) is 0.731.